The van der Waals surface area contributed by atoms with Gasteiger partial charge in [-0.15, -0.1) is 0 Å². The van der Waals surface area contributed by atoms with Gasteiger partial charge in [0.25, 0.3) is 0 Å². The number of nitrogens with one attached hydrogen (secondary N) is 1. The third-order valence-corrected chi connectivity index (χ3v) is 1.66. The molecule has 0 aromatic carbocycles. The first kappa shape index (κ1) is 14.9. The average Bonchev–Trinajstić information content (AvgIpc) is 2.24. The molecule has 1 atom stereocenters. The van der Waals surface area contributed by atoms with Gasteiger partial charge in [0.2, 0.25) is 0 Å². The highest BCUT2D eigenvalue weighted by Gasteiger charge is 2.08. The molecule has 6 nitrogen and oxygen atoms in total. The zero-order chi connectivity index (χ0) is 12.4. The zero-order valence-corrected chi connectivity index (χ0v) is 9.82. The molecule has 0 bridgehead atoms. The van der Waals surface area contributed by atoms with Crippen molar-refractivity contribution < 1.29 is 19.1 Å². The molecule has 0 amide bonds. The molecule has 0 saturated carbocycles. The third-order valence-electron chi connectivity index (χ3n) is 1.66. The summed E-state index contributed by atoms with van der Waals surface area (Å²) in [4.78, 5) is 21.9. The van der Waals surface area contributed by atoms with E-state index in [0.717, 1.165) is 13.0 Å². The molecule has 0 radical (unpaired) electrons. The number of nitrogens with two attached hydrogens (primary N) is 1. The van der Waals surface area contributed by atoms with Crippen LogP contribution in [0.3, 0.4) is 0 Å². The summed E-state index contributed by atoms with van der Waals surface area (Å²) in [6.07, 6.45) is 0.958. The summed E-state index contributed by atoms with van der Waals surface area (Å²) in [6, 6.07) is -0.651. The van der Waals surface area contributed by atoms with Gasteiger partial charge in [-0.3, -0.25) is 9.59 Å². The van der Waals surface area contributed by atoms with Crippen LogP contribution in [0.4, 0.5) is 0 Å². The Balaban J connectivity index is 3.37. The van der Waals surface area contributed by atoms with Gasteiger partial charge in [0.05, 0.1) is 6.54 Å². The van der Waals surface area contributed by atoms with Crippen LogP contribution in [-0.2, 0) is 19.1 Å². The van der Waals surface area contributed by atoms with E-state index in [1.807, 2.05) is 6.92 Å². The van der Waals surface area contributed by atoms with Crippen molar-refractivity contribution >= 4 is 11.9 Å². The van der Waals surface area contributed by atoms with Crippen LogP contribution >= 0.6 is 0 Å². The van der Waals surface area contributed by atoms with Crippen molar-refractivity contribution in [2.45, 2.75) is 26.3 Å². The molecule has 94 valence electrons. The van der Waals surface area contributed by atoms with E-state index in [2.05, 4.69) is 5.32 Å². The first-order valence-electron chi connectivity index (χ1n) is 5.36. The maximum Gasteiger partial charge on any atom is 0.322 e. The summed E-state index contributed by atoms with van der Waals surface area (Å²) in [5.41, 5.74) is 5.27. The lowest BCUT2D eigenvalue weighted by Crippen LogP contribution is -2.30. The van der Waals surface area contributed by atoms with Crippen molar-refractivity contribution in [1.82, 2.24) is 5.32 Å². The summed E-state index contributed by atoms with van der Waals surface area (Å²) in [7, 11) is 0. The first-order valence-corrected chi connectivity index (χ1v) is 5.36. The fraction of sp³-hybridized carbons (Fsp3) is 0.800. The number of hydrogen-bond acceptors (Lipinski definition) is 6. The monoisotopic (exact) mass is 232 g/mol. The molecule has 0 unspecified atom stereocenters. The lowest BCUT2D eigenvalue weighted by molar-refractivity contribution is -0.152. The van der Waals surface area contributed by atoms with E-state index in [1.54, 1.807) is 0 Å². The van der Waals surface area contributed by atoms with Gasteiger partial charge in [-0.2, -0.15) is 0 Å². The topological polar surface area (TPSA) is 90.6 Å². The molecule has 6 heteroatoms. The van der Waals surface area contributed by atoms with Crippen LogP contribution in [0.15, 0.2) is 0 Å². The van der Waals surface area contributed by atoms with E-state index in [-0.39, 0.29) is 25.7 Å². The summed E-state index contributed by atoms with van der Waals surface area (Å²) in [5, 5.41) is 2.90. The fourth-order valence-corrected chi connectivity index (χ4v) is 0.847. The maximum atomic E-state index is 11.0. The molecule has 0 spiro atoms. The molecule has 0 fully saturated rings. The minimum atomic E-state index is -0.651. The molecule has 0 heterocycles. The smallest absolute Gasteiger partial charge is 0.322 e. The molecule has 0 aliphatic carbocycles. The highest BCUT2D eigenvalue weighted by atomic mass is 16.6. The molecule has 0 aliphatic rings. The van der Waals surface area contributed by atoms with Gasteiger partial charge in [0.15, 0.2) is 0 Å². The van der Waals surface area contributed by atoms with Gasteiger partial charge < -0.3 is 20.5 Å². The number of hydrogen-bond donors (Lipinski definition) is 2. The molecular formula is C10H20N2O4. The minimum absolute atomic E-state index is 0.0416. The molecule has 0 aromatic heterocycles. The number of esters is 2. The average molecular weight is 232 g/mol. The van der Waals surface area contributed by atoms with Crippen LogP contribution in [-0.4, -0.2) is 44.3 Å². The summed E-state index contributed by atoms with van der Waals surface area (Å²) in [6.45, 7) is 4.59. The Morgan fingerprint density at radius 3 is 2.50 bits per heavy atom. The highest BCUT2D eigenvalue weighted by molar-refractivity contribution is 5.75. The lowest BCUT2D eigenvalue weighted by atomic mass is 10.4. The Kier molecular flexibility index (Phi) is 8.46. The molecule has 0 aromatic rings. The predicted molar refractivity (Wildman–Crippen MR) is 58.7 cm³/mol. The van der Waals surface area contributed by atoms with Crippen LogP contribution in [0, 0.1) is 0 Å². The molecule has 16 heavy (non-hydrogen) atoms. The van der Waals surface area contributed by atoms with E-state index in [1.165, 1.54) is 6.92 Å². The van der Waals surface area contributed by atoms with Crippen LogP contribution in [0.2, 0.25) is 0 Å². The standard InChI is InChI=1S/C10H20N2O4/c1-3-4-12-7-9(13)15-5-6-16-10(14)8(2)11/h8,12H,3-7,11H2,1-2H3/t8-/m0/s1. The number of carbonyl (C=O) groups excluding carboxylic acids is 2. The largest absolute Gasteiger partial charge is 0.461 e. The second kappa shape index (κ2) is 9.11. The molecule has 0 saturated heterocycles. The van der Waals surface area contributed by atoms with E-state index in [4.69, 9.17) is 15.2 Å². The fourth-order valence-electron chi connectivity index (χ4n) is 0.847. The van der Waals surface area contributed by atoms with Crippen molar-refractivity contribution in [2.24, 2.45) is 5.73 Å². The molecule has 3 N–H and O–H groups in total. The Hall–Kier alpha value is -1.14. The summed E-state index contributed by atoms with van der Waals surface area (Å²) < 4.78 is 9.52. The van der Waals surface area contributed by atoms with Gasteiger partial charge in [-0.25, -0.2) is 0 Å². The van der Waals surface area contributed by atoms with Crippen molar-refractivity contribution in [3.63, 3.8) is 0 Å². The second-order valence-electron chi connectivity index (χ2n) is 3.35. The SMILES string of the molecule is CCCNCC(=O)OCCOC(=O)[C@H](C)N. The van der Waals surface area contributed by atoms with Gasteiger partial charge >= 0.3 is 11.9 Å². The van der Waals surface area contributed by atoms with E-state index in [0.29, 0.717) is 0 Å². The minimum Gasteiger partial charge on any atom is -0.461 e. The summed E-state index contributed by atoms with van der Waals surface area (Å²) in [5.74, 6) is -0.856. The van der Waals surface area contributed by atoms with Crippen molar-refractivity contribution in [3.8, 4) is 0 Å². The Morgan fingerprint density at radius 1 is 1.31 bits per heavy atom. The van der Waals surface area contributed by atoms with E-state index >= 15 is 0 Å². The lowest BCUT2D eigenvalue weighted by Gasteiger charge is -2.08. The Morgan fingerprint density at radius 2 is 1.94 bits per heavy atom. The van der Waals surface area contributed by atoms with Gasteiger partial charge in [-0.05, 0) is 19.9 Å². The van der Waals surface area contributed by atoms with Crippen LogP contribution in [0.25, 0.3) is 0 Å². The highest BCUT2D eigenvalue weighted by Crippen LogP contribution is 1.85. The van der Waals surface area contributed by atoms with E-state index < -0.39 is 12.0 Å². The number of ether oxygens (including phenoxy) is 2. The van der Waals surface area contributed by atoms with Gasteiger partial charge in [-0.1, -0.05) is 6.92 Å². The van der Waals surface area contributed by atoms with Crippen molar-refractivity contribution in [2.75, 3.05) is 26.3 Å². The molecular weight excluding hydrogens is 212 g/mol. The zero-order valence-electron chi connectivity index (χ0n) is 9.82. The third kappa shape index (κ3) is 8.19. The molecule has 0 rings (SSSR count). The first-order chi connectivity index (χ1) is 7.57. The number of rotatable bonds is 8. The number of carbonyl (C=O) groups is 2. The quantitative estimate of drug-likeness (QED) is 0.430. The van der Waals surface area contributed by atoms with Crippen molar-refractivity contribution in [1.29, 1.82) is 0 Å². The van der Waals surface area contributed by atoms with Crippen molar-refractivity contribution in [3.05, 3.63) is 0 Å². The Bertz CT molecular complexity index is 219. The van der Waals surface area contributed by atoms with Gasteiger partial charge in [0.1, 0.15) is 19.3 Å². The predicted octanol–water partition coefficient (Wildman–Crippen LogP) is -0.580. The maximum absolute atomic E-state index is 11.0. The van der Waals surface area contributed by atoms with E-state index in [9.17, 15) is 9.59 Å². The van der Waals surface area contributed by atoms with Gasteiger partial charge in [0, 0.05) is 0 Å². The van der Waals surface area contributed by atoms with Crippen LogP contribution in [0.1, 0.15) is 20.3 Å². The second-order valence-corrected chi connectivity index (χ2v) is 3.35. The van der Waals surface area contributed by atoms with Crippen LogP contribution < -0.4 is 11.1 Å². The normalized spacial score (nSPS) is 11.9. The van der Waals surface area contributed by atoms with Crippen LogP contribution in [0.5, 0.6) is 0 Å². The Labute approximate surface area is 95.5 Å². The molecule has 0 aliphatic heterocycles. The summed E-state index contributed by atoms with van der Waals surface area (Å²) >= 11 is 0.